The van der Waals surface area contributed by atoms with Crippen LogP contribution in [0.1, 0.15) is 31.7 Å². The molecule has 4 aromatic rings. The first-order valence-electron chi connectivity index (χ1n) is 14.1. The fourth-order valence-corrected chi connectivity index (χ4v) is 5.48. The van der Waals surface area contributed by atoms with Crippen LogP contribution in [0.4, 0.5) is 4.79 Å². The van der Waals surface area contributed by atoms with E-state index in [-0.39, 0.29) is 6.09 Å². The van der Waals surface area contributed by atoms with Crippen molar-refractivity contribution in [2.45, 2.75) is 45.4 Å². The topological polar surface area (TPSA) is 95.1 Å². The average Bonchev–Trinajstić information content (AvgIpc) is 3.73. The Hall–Kier alpha value is -3.89. The third kappa shape index (κ3) is 5.83. The molecule has 10 nitrogen and oxygen atoms in total. The number of amides is 1. The van der Waals surface area contributed by atoms with Crippen molar-refractivity contribution in [3.63, 3.8) is 0 Å². The van der Waals surface area contributed by atoms with E-state index in [0.717, 1.165) is 74.1 Å². The number of pyridine rings is 1. The minimum atomic E-state index is -0.156. The summed E-state index contributed by atoms with van der Waals surface area (Å²) in [6.45, 7) is 7.37. The van der Waals surface area contributed by atoms with Gasteiger partial charge in [0, 0.05) is 67.8 Å². The molecule has 2 fully saturated rings. The Morgan fingerprint density at radius 1 is 1.10 bits per heavy atom. The predicted molar refractivity (Wildman–Crippen MR) is 149 cm³/mol. The van der Waals surface area contributed by atoms with Crippen LogP contribution in [-0.2, 0) is 22.6 Å². The van der Waals surface area contributed by atoms with Gasteiger partial charge in [-0.3, -0.25) is 0 Å². The zero-order valence-corrected chi connectivity index (χ0v) is 22.8. The molecule has 0 spiro atoms. The zero-order valence-electron chi connectivity index (χ0n) is 22.8. The maximum absolute atomic E-state index is 11.9. The monoisotopic (exact) mass is 545 g/mol. The smallest absolute Gasteiger partial charge is 0.410 e. The molecule has 0 radical (unpaired) electrons. The van der Waals surface area contributed by atoms with Gasteiger partial charge in [0.05, 0.1) is 18.5 Å². The highest BCUT2D eigenvalue weighted by Crippen LogP contribution is 2.30. The van der Waals surface area contributed by atoms with Crippen LogP contribution in [0.2, 0.25) is 0 Å². The third-order valence-corrected chi connectivity index (χ3v) is 7.65. The van der Waals surface area contributed by atoms with Crippen molar-refractivity contribution in [2.75, 3.05) is 39.4 Å². The summed E-state index contributed by atoms with van der Waals surface area (Å²) >= 11 is 0. The summed E-state index contributed by atoms with van der Waals surface area (Å²) in [6, 6.07) is 12.0. The van der Waals surface area contributed by atoms with Gasteiger partial charge in [-0.05, 0) is 55.5 Å². The van der Waals surface area contributed by atoms with Crippen molar-refractivity contribution < 1.29 is 23.4 Å². The Morgan fingerprint density at radius 2 is 2.00 bits per heavy atom. The van der Waals surface area contributed by atoms with E-state index in [2.05, 4.69) is 28.0 Å². The van der Waals surface area contributed by atoms with Gasteiger partial charge in [0.2, 0.25) is 5.88 Å². The number of piperidine rings is 1. The highest BCUT2D eigenvalue weighted by Gasteiger charge is 2.32. The molecular formula is C30H35N5O5. The Kier molecular flexibility index (Phi) is 7.97. The number of aromatic nitrogens is 3. The lowest BCUT2D eigenvalue weighted by Gasteiger charge is -2.35. The van der Waals surface area contributed by atoms with Gasteiger partial charge in [0.15, 0.2) is 0 Å². The zero-order chi connectivity index (χ0) is 27.3. The number of carbonyl (C=O) groups is 1. The van der Waals surface area contributed by atoms with Crippen molar-refractivity contribution in [1.29, 1.82) is 0 Å². The molecule has 210 valence electrons. The number of hydrogen-bond donors (Lipinski definition) is 0. The van der Waals surface area contributed by atoms with Crippen LogP contribution in [0.3, 0.4) is 0 Å². The highest BCUT2D eigenvalue weighted by atomic mass is 16.6. The molecule has 3 aromatic heterocycles. The Labute approximate surface area is 233 Å². The summed E-state index contributed by atoms with van der Waals surface area (Å²) in [6.07, 6.45) is 9.10. The lowest BCUT2D eigenvalue weighted by Crippen LogP contribution is -2.45. The number of fused-ring (bicyclic) bond motifs is 1. The standard InChI is InChI=1S/C30H35N5O5/c1-2-16-37-21-35-27(7-11-32-35)22-3-6-29(31-19-22)40-25-4-5-26-23(20-39-28(26)18-25)8-12-33-13-9-24(10-14-33)34-15-17-38-30(34)36/h3-7,11,18-20,24H,2,8-10,12-17,21H2,1H3. The second-order valence-corrected chi connectivity index (χ2v) is 10.3. The molecule has 0 N–H and O–H groups in total. The van der Waals surface area contributed by atoms with Crippen molar-refractivity contribution in [3.05, 3.63) is 60.6 Å². The first kappa shape index (κ1) is 26.3. The molecular weight excluding hydrogens is 510 g/mol. The summed E-state index contributed by atoms with van der Waals surface area (Å²) in [5.41, 5.74) is 3.87. The van der Waals surface area contributed by atoms with E-state index in [4.69, 9.17) is 18.6 Å². The number of benzene rings is 1. The molecule has 40 heavy (non-hydrogen) atoms. The number of rotatable bonds is 11. The summed E-state index contributed by atoms with van der Waals surface area (Å²) in [5, 5.41) is 5.45. The van der Waals surface area contributed by atoms with E-state index in [1.165, 1.54) is 5.56 Å². The molecule has 5 heterocycles. The SMILES string of the molecule is CCCOCn1nccc1-c1ccc(Oc2ccc3c(CCN4CCC(N5CCOC5=O)CC4)coc3c2)nc1. The van der Waals surface area contributed by atoms with E-state index in [1.54, 1.807) is 12.4 Å². The van der Waals surface area contributed by atoms with E-state index < -0.39 is 0 Å². The van der Waals surface area contributed by atoms with Crippen molar-refractivity contribution >= 4 is 17.1 Å². The van der Waals surface area contributed by atoms with Crippen LogP contribution in [0.15, 0.2) is 59.5 Å². The fraction of sp³-hybridized carbons (Fsp3) is 0.433. The van der Waals surface area contributed by atoms with Crippen molar-refractivity contribution in [3.8, 4) is 22.9 Å². The average molecular weight is 546 g/mol. The van der Waals surface area contributed by atoms with Crippen LogP contribution in [0, 0.1) is 0 Å². The summed E-state index contributed by atoms with van der Waals surface area (Å²) in [4.78, 5) is 20.7. The van der Waals surface area contributed by atoms with Crippen molar-refractivity contribution in [1.82, 2.24) is 24.6 Å². The van der Waals surface area contributed by atoms with Crippen molar-refractivity contribution in [2.24, 2.45) is 0 Å². The third-order valence-electron chi connectivity index (χ3n) is 7.65. The maximum atomic E-state index is 11.9. The molecule has 1 aromatic carbocycles. The first-order valence-corrected chi connectivity index (χ1v) is 14.1. The summed E-state index contributed by atoms with van der Waals surface area (Å²) in [7, 11) is 0. The second kappa shape index (κ2) is 12.1. The molecule has 0 bridgehead atoms. The maximum Gasteiger partial charge on any atom is 0.410 e. The Balaban J connectivity index is 1.03. The lowest BCUT2D eigenvalue weighted by molar-refractivity contribution is 0.0705. The molecule has 1 amide bonds. The van der Waals surface area contributed by atoms with Gasteiger partial charge in [-0.25, -0.2) is 14.5 Å². The lowest BCUT2D eigenvalue weighted by atomic mass is 10.0. The number of carbonyl (C=O) groups excluding carboxylic acids is 1. The van der Waals surface area contributed by atoms with Gasteiger partial charge in [0.25, 0.3) is 0 Å². The van der Waals surface area contributed by atoms with Gasteiger partial charge in [-0.1, -0.05) is 6.92 Å². The van der Waals surface area contributed by atoms with Gasteiger partial charge in [-0.15, -0.1) is 0 Å². The normalized spacial score (nSPS) is 16.6. The number of furan rings is 1. The van der Waals surface area contributed by atoms with Crippen LogP contribution in [0.5, 0.6) is 11.6 Å². The van der Waals surface area contributed by atoms with E-state index >= 15 is 0 Å². The van der Waals surface area contributed by atoms with Gasteiger partial charge >= 0.3 is 6.09 Å². The minimum absolute atomic E-state index is 0.156. The molecule has 2 saturated heterocycles. The molecule has 0 unspecified atom stereocenters. The molecule has 6 rings (SSSR count). The Bertz CT molecular complexity index is 1420. The molecule has 10 heteroatoms. The second-order valence-electron chi connectivity index (χ2n) is 10.3. The predicted octanol–water partition coefficient (Wildman–Crippen LogP) is 5.33. The number of ether oxygens (including phenoxy) is 3. The minimum Gasteiger partial charge on any atom is -0.464 e. The molecule has 0 saturated carbocycles. The van der Waals surface area contributed by atoms with Crippen LogP contribution in [0.25, 0.3) is 22.2 Å². The quantitative estimate of drug-likeness (QED) is 0.234. The summed E-state index contributed by atoms with van der Waals surface area (Å²) < 4.78 is 24.5. The number of likely N-dealkylation sites (tertiary alicyclic amines) is 1. The number of cyclic esters (lactones) is 1. The van der Waals surface area contributed by atoms with E-state index in [9.17, 15) is 4.79 Å². The van der Waals surface area contributed by atoms with Gasteiger partial charge in [-0.2, -0.15) is 5.10 Å². The van der Waals surface area contributed by atoms with Crippen LogP contribution >= 0.6 is 0 Å². The molecule has 2 aliphatic rings. The van der Waals surface area contributed by atoms with E-state index in [0.29, 0.717) is 37.6 Å². The van der Waals surface area contributed by atoms with E-state index in [1.807, 2.05) is 46.2 Å². The summed E-state index contributed by atoms with van der Waals surface area (Å²) in [5.74, 6) is 1.18. The van der Waals surface area contributed by atoms with Crippen LogP contribution < -0.4 is 4.74 Å². The van der Waals surface area contributed by atoms with Gasteiger partial charge in [0.1, 0.15) is 24.7 Å². The number of nitrogens with zero attached hydrogens (tertiary/aromatic N) is 5. The Morgan fingerprint density at radius 3 is 2.77 bits per heavy atom. The number of hydrogen-bond acceptors (Lipinski definition) is 8. The molecule has 0 aliphatic carbocycles. The van der Waals surface area contributed by atoms with Gasteiger partial charge < -0.3 is 28.4 Å². The molecule has 2 aliphatic heterocycles. The molecule has 0 atom stereocenters. The first-order chi connectivity index (χ1) is 19.7. The highest BCUT2D eigenvalue weighted by molar-refractivity contribution is 5.82. The fourth-order valence-electron chi connectivity index (χ4n) is 5.48. The largest absolute Gasteiger partial charge is 0.464 e. The van der Waals surface area contributed by atoms with Crippen LogP contribution in [-0.4, -0.2) is 76.1 Å².